The third kappa shape index (κ3) is 5.27. The standard InChI is InChI=1S/C25H27N3O7S2/c1-2-33-23(29)16-28-19-14-20-21(35-13-12-34-20)15-22(19)36-25(28)26-24(30)17-6-8-18(9-7-17)37(31,32)27-10-4-3-5-11-27/h6-9,14-15H,2-5,10-13,16H2,1H3. The highest BCUT2D eigenvalue weighted by Crippen LogP contribution is 2.35. The van der Waals surface area contributed by atoms with Crippen molar-refractivity contribution in [3.8, 4) is 11.5 Å². The summed E-state index contributed by atoms with van der Waals surface area (Å²) in [5, 5.41) is 0. The van der Waals surface area contributed by atoms with E-state index in [1.54, 1.807) is 23.6 Å². The SMILES string of the molecule is CCOC(=O)Cn1c(=NC(=O)c2ccc(S(=O)(=O)N3CCCCC3)cc2)sc2cc3c(cc21)OCCO3. The van der Waals surface area contributed by atoms with Crippen molar-refractivity contribution in [3.05, 3.63) is 46.8 Å². The molecule has 0 spiro atoms. The lowest BCUT2D eigenvalue weighted by Crippen LogP contribution is -2.35. The summed E-state index contributed by atoms with van der Waals surface area (Å²) in [5.74, 6) is 0.130. The lowest BCUT2D eigenvalue weighted by atomic mass is 10.2. The molecule has 12 heteroatoms. The van der Waals surface area contributed by atoms with Gasteiger partial charge in [0, 0.05) is 30.8 Å². The molecule has 0 N–H and O–H groups in total. The molecule has 0 unspecified atom stereocenters. The van der Waals surface area contributed by atoms with Crippen molar-refractivity contribution in [2.75, 3.05) is 32.9 Å². The third-order valence-electron chi connectivity index (χ3n) is 6.19. The van der Waals surface area contributed by atoms with Gasteiger partial charge in [-0.05, 0) is 44.0 Å². The largest absolute Gasteiger partial charge is 0.486 e. The average molecular weight is 546 g/mol. The molecule has 2 aliphatic heterocycles. The number of aromatic nitrogens is 1. The maximum absolute atomic E-state index is 13.1. The van der Waals surface area contributed by atoms with E-state index in [1.165, 1.54) is 39.9 Å². The first-order valence-electron chi connectivity index (χ1n) is 12.1. The molecule has 0 radical (unpaired) electrons. The number of fused-ring (bicyclic) bond motifs is 2. The molecule has 1 aromatic heterocycles. The second-order valence-corrected chi connectivity index (χ2v) is 11.6. The van der Waals surface area contributed by atoms with Gasteiger partial charge >= 0.3 is 5.97 Å². The lowest BCUT2D eigenvalue weighted by molar-refractivity contribution is -0.143. The Balaban J connectivity index is 1.49. The summed E-state index contributed by atoms with van der Waals surface area (Å²) >= 11 is 1.24. The van der Waals surface area contributed by atoms with Gasteiger partial charge in [0.25, 0.3) is 5.91 Å². The van der Waals surface area contributed by atoms with Gasteiger partial charge in [0.1, 0.15) is 19.8 Å². The zero-order valence-corrected chi connectivity index (χ0v) is 22.0. The number of rotatable bonds is 6. The molecule has 37 heavy (non-hydrogen) atoms. The van der Waals surface area contributed by atoms with Crippen molar-refractivity contribution >= 4 is 43.5 Å². The molecule has 196 valence electrons. The number of sulfonamides is 1. The van der Waals surface area contributed by atoms with Gasteiger partial charge in [-0.2, -0.15) is 9.30 Å². The Hall–Kier alpha value is -3.22. The van der Waals surface area contributed by atoms with E-state index in [2.05, 4.69) is 4.99 Å². The molecule has 3 aromatic rings. The zero-order valence-electron chi connectivity index (χ0n) is 20.3. The summed E-state index contributed by atoms with van der Waals surface area (Å²) in [6.07, 6.45) is 2.71. The van der Waals surface area contributed by atoms with Crippen molar-refractivity contribution < 1.29 is 32.2 Å². The van der Waals surface area contributed by atoms with Crippen LogP contribution in [0.25, 0.3) is 10.2 Å². The fraction of sp³-hybridized carbons (Fsp3) is 0.400. The highest BCUT2D eigenvalue weighted by atomic mass is 32.2. The zero-order chi connectivity index (χ0) is 26.0. The Morgan fingerprint density at radius 3 is 2.38 bits per heavy atom. The van der Waals surface area contributed by atoms with E-state index in [-0.39, 0.29) is 23.6 Å². The summed E-state index contributed by atoms with van der Waals surface area (Å²) < 4.78 is 46.2. The predicted molar refractivity (Wildman–Crippen MR) is 136 cm³/mol. The molecule has 0 bridgehead atoms. The Bertz CT molecular complexity index is 1500. The van der Waals surface area contributed by atoms with Crippen molar-refractivity contribution in [3.63, 3.8) is 0 Å². The van der Waals surface area contributed by atoms with E-state index >= 15 is 0 Å². The van der Waals surface area contributed by atoms with E-state index < -0.39 is 21.9 Å². The molecule has 0 saturated carbocycles. The van der Waals surface area contributed by atoms with E-state index in [9.17, 15) is 18.0 Å². The van der Waals surface area contributed by atoms with Gasteiger partial charge in [-0.25, -0.2) is 8.42 Å². The van der Waals surface area contributed by atoms with Gasteiger partial charge in [0.15, 0.2) is 16.3 Å². The molecular weight excluding hydrogens is 518 g/mol. The molecule has 1 saturated heterocycles. The monoisotopic (exact) mass is 545 g/mol. The van der Waals surface area contributed by atoms with E-state index in [0.717, 1.165) is 24.0 Å². The third-order valence-corrected chi connectivity index (χ3v) is 9.14. The summed E-state index contributed by atoms with van der Waals surface area (Å²) in [4.78, 5) is 30.1. The van der Waals surface area contributed by atoms with Crippen LogP contribution in [0.2, 0.25) is 0 Å². The summed E-state index contributed by atoms with van der Waals surface area (Å²) in [6, 6.07) is 9.38. The van der Waals surface area contributed by atoms with Crippen LogP contribution in [0.15, 0.2) is 46.3 Å². The van der Waals surface area contributed by atoms with Crippen LogP contribution < -0.4 is 14.3 Å². The molecule has 5 rings (SSSR count). The number of benzene rings is 2. The predicted octanol–water partition coefficient (Wildman–Crippen LogP) is 2.95. The first kappa shape index (κ1) is 25.4. The quantitative estimate of drug-likeness (QED) is 0.437. The fourth-order valence-electron chi connectivity index (χ4n) is 4.36. The summed E-state index contributed by atoms with van der Waals surface area (Å²) in [5.41, 5.74) is 0.903. The van der Waals surface area contributed by atoms with Gasteiger partial charge in [-0.1, -0.05) is 17.8 Å². The molecule has 1 fully saturated rings. The second-order valence-electron chi connectivity index (χ2n) is 8.65. The number of piperidine rings is 1. The van der Waals surface area contributed by atoms with Crippen LogP contribution in [0.1, 0.15) is 36.5 Å². The van der Waals surface area contributed by atoms with Crippen LogP contribution in [0.3, 0.4) is 0 Å². The molecule has 10 nitrogen and oxygen atoms in total. The number of esters is 1. The van der Waals surface area contributed by atoms with Crippen molar-refractivity contribution in [1.29, 1.82) is 0 Å². The Morgan fingerprint density at radius 2 is 1.70 bits per heavy atom. The molecule has 3 heterocycles. The van der Waals surface area contributed by atoms with Crippen molar-refractivity contribution in [2.45, 2.75) is 37.6 Å². The number of hydrogen-bond donors (Lipinski definition) is 0. The highest BCUT2D eigenvalue weighted by molar-refractivity contribution is 7.89. The van der Waals surface area contributed by atoms with E-state index in [1.807, 2.05) is 0 Å². The molecule has 0 aliphatic carbocycles. The highest BCUT2D eigenvalue weighted by Gasteiger charge is 2.26. The molecule has 0 atom stereocenters. The molecule has 2 aliphatic rings. The average Bonchev–Trinajstić information content (AvgIpc) is 3.23. The topological polar surface area (TPSA) is 117 Å². The first-order chi connectivity index (χ1) is 17.9. The number of amides is 1. The molecular formula is C25H27N3O7S2. The minimum absolute atomic E-state index is 0.132. The lowest BCUT2D eigenvalue weighted by Gasteiger charge is -2.25. The number of thiazole rings is 1. The van der Waals surface area contributed by atoms with Gasteiger partial charge in [0.2, 0.25) is 10.0 Å². The maximum atomic E-state index is 13.1. The van der Waals surface area contributed by atoms with Crippen LogP contribution in [0.5, 0.6) is 11.5 Å². The Morgan fingerprint density at radius 1 is 1.03 bits per heavy atom. The van der Waals surface area contributed by atoms with Crippen LogP contribution in [-0.4, -0.2) is 62.1 Å². The van der Waals surface area contributed by atoms with E-state index in [4.69, 9.17) is 14.2 Å². The number of hydrogen-bond acceptors (Lipinski definition) is 8. The Labute approximate surface area is 218 Å². The van der Waals surface area contributed by atoms with Crippen LogP contribution in [0, 0.1) is 0 Å². The summed E-state index contributed by atoms with van der Waals surface area (Å²) in [7, 11) is -3.60. The van der Waals surface area contributed by atoms with E-state index in [0.29, 0.717) is 48.1 Å². The van der Waals surface area contributed by atoms with Crippen LogP contribution in [0.4, 0.5) is 0 Å². The van der Waals surface area contributed by atoms with Crippen LogP contribution in [-0.2, 0) is 26.1 Å². The summed E-state index contributed by atoms with van der Waals surface area (Å²) in [6.45, 7) is 3.68. The minimum Gasteiger partial charge on any atom is -0.486 e. The van der Waals surface area contributed by atoms with Gasteiger partial charge in [-0.15, -0.1) is 0 Å². The van der Waals surface area contributed by atoms with Crippen molar-refractivity contribution in [2.24, 2.45) is 4.99 Å². The number of ether oxygens (including phenoxy) is 3. The molecule has 2 aromatic carbocycles. The van der Waals surface area contributed by atoms with Gasteiger partial charge < -0.3 is 18.8 Å². The number of nitrogens with zero attached hydrogens (tertiary/aromatic N) is 3. The fourth-order valence-corrected chi connectivity index (χ4v) is 6.91. The van der Waals surface area contributed by atoms with Crippen LogP contribution >= 0.6 is 11.3 Å². The maximum Gasteiger partial charge on any atom is 0.326 e. The van der Waals surface area contributed by atoms with Gasteiger partial charge in [0.05, 0.1) is 21.7 Å². The minimum atomic E-state index is -3.60. The molecule has 1 amide bonds. The van der Waals surface area contributed by atoms with Crippen molar-refractivity contribution in [1.82, 2.24) is 8.87 Å². The van der Waals surface area contributed by atoms with Gasteiger partial charge in [-0.3, -0.25) is 9.59 Å². The number of carbonyl (C=O) groups excluding carboxylic acids is 2. The second kappa shape index (κ2) is 10.6. The smallest absolute Gasteiger partial charge is 0.326 e. The first-order valence-corrected chi connectivity index (χ1v) is 14.4. The Kier molecular flexibility index (Phi) is 7.31. The normalized spacial score (nSPS) is 16.6. The number of carbonyl (C=O) groups is 2.